The van der Waals surface area contributed by atoms with Crippen LogP contribution in [0.3, 0.4) is 0 Å². The van der Waals surface area contributed by atoms with Gasteiger partial charge in [0.2, 0.25) is 0 Å². The van der Waals surface area contributed by atoms with E-state index in [1.807, 2.05) is 0 Å². The molecule has 0 atom stereocenters. The summed E-state index contributed by atoms with van der Waals surface area (Å²) in [5.74, 6) is -2.18. The lowest BCUT2D eigenvalue weighted by Crippen LogP contribution is -2.18. The zero-order valence-electron chi connectivity index (χ0n) is 11.1. The number of rotatable bonds is 6. The Morgan fingerprint density at radius 3 is 2.24 bits per heavy atom. The van der Waals surface area contributed by atoms with Gasteiger partial charge in [-0.15, -0.1) is 0 Å². The maximum absolute atomic E-state index is 11.4. The van der Waals surface area contributed by atoms with Crippen molar-refractivity contribution in [1.29, 1.82) is 0 Å². The molecule has 21 heavy (non-hydrogen) atoms. The molecule has 0 aliphatic heterocycles. The zero-order chi connectivity index (χ0) is 15.7. The minimum absolute atomic E-state index is 0.215. The Kier molecular flexibility index (Phi) is 6.33. The lowest BCUT2D eigenvalue weighted by Gasteiger charge is -2.04. The van der Waals surface area contributed by atoms with Crippen molar-refractivity contribution >= 4 is 24.2 Å². The molecule has 0 amide bonds. The predicted molar refractivity (Wildman–Crippen MR) is 69.6 cm³/mol. The number of benzene rings is 1. The third-order valence-corrected chi connectivity index (χ3v) is 2.14. The van der Waals surface area contributed by atoms with Crippen LogP contribution < -0.4 is 4.74 Å². The fourth-order valence-electron chi connectivity index (χ4n) is 1.16. The van der Waals surface area contributed by atoms with Crippen molar-refractivity contribution in [2.75, 3.05) is 13.7 Å². The van der Waals surface area contributed by atoms with Crippen molar-refractivity contribution in [2.45, 2.75) is 0 Å². The summed E-state index contributed by atoms with van der Waals surface area (Å²) in [6.07, 6.45) is 2.35. The first-order chi connectivity index (χ1) is 10.0. The first-order valence-corrected chi connectivity index (χ1v) is 5.74. The highest BCUT2D eigenvalue weighted by Gasteiger charge is 2.08. The van der Waals surface area contributed by atoms with E-state index < -0.39 is 24.5 Å². The monoisotopic (exact) mass is 292 g/mol. The highest BCUT2D eigenvalue weighted by atomic mass is 16.6. The average molecular weight is 292 g/mol. The molecule has 7 heteroatoms. The molecule has 0 bridgehead atoms. The van der Waals surface area contributed by atoms with Crippen molar-refractivity contribution in [3.05, 3.63) is 42.0 Å². The van der Waals surface area contributed by atoms with Crippen molar-refractivity contribution in [1.82, 2.24) is 0 Å². The highest BCUT2D eigenvalue weighted by molar-refractivity contribution is 5.92. The molecule has 0 fully saturated rings. The van der Waals surface area contributed by atoms with Gasteiger partial charge in [-0.1, -0.05) is 0 Å². The van der Waals surface area contributed by atoms with Crippen LogP contribution in [0.25, 0.3) is 0 Å². The second kappa shape index (κ2) is 8.26. The van der Waals surface area contributed by atoms with E-state index in [4.69, 9.17) is 4.74 Å². The van der Waals surface area contributed by atoms with E-state index in [0.717, 1.165) is 19.3 Å². The summed E-state index contributed by atoms with van der Waals surface area (Å²) >= 11 is 0. The number of carbonyl (C=O) groups excluding carboxylic acids is 4. The molecule has 0 aliphatic carbocycles. The molecule has 7 nitrogen and oxygen atoms in total. The summed E-state index contributed by atoms with van der Waals surface area (Å²) in [4.78, 5) is 43.7. The van der Waals surface area contributed by atoms with Crippen LogP contribution in [0.15, 0.2) is 36.4 Å². The number of esters is 3. The second-order valence-electron chi connectivity index (χ2n) is 3.63. The maximum Gasteiger partial charge on any atom is 0.349 e. The SMILES string of the molecule is COC(=O)/C=C/C(=O)OCC(=O)Oc1ccc(C=O)cc1. The Balaban J connectivity index is 2.39. The molecule has 1 aromatic rings. The van der Waals surface area contributed by atoms with E-state index in [1.54, 1.807) is 0 Å². The smallest absolute Gasteiger partial charge is 0.349 e. The quantitative estimate of drug-likeness (QED) is 0.329. The predicted octanol–water partition coefficient (Wildman–Crippen LogP) is 0.677. The Bertz CT molecular complexity index is 557. The molecule has 0 radical (unpaired) electrons. The Labute approximate surface area is 120 Å². The number of hydrogen-bond donors (Lipinski definition) is 0. The Morgan fingerprint density at radius 1 is 1.05 bits per heavy atom. The van der Waals surface area contributed by atoms with Gasteiger partial charge in [-0.25, -0.2) is 14.4 Å². The van der Waals surface area contributed by atoms with E-state index in [9.17, 15) is 19.2 Å². The summed E-state index contributed by atoms with van der Waals surface area (Å²) in [6, 6.07) is 5.81. The van der Waals surface area contributed by atoms with Crippen LogP contribution in [0, 0.1) is 0 Å². The average Bonchev–Trinajstić information content (AvgIpc) is 2.51. The molecule has 1 aromatic carbocycles. The molecule has 110 valence electrons. The fourth-order valence-corrected chi connectivity index (χ4v) is 1.16. The lowest BCUT2D eigenvalue weighted by atomic mass is 10.2. The summed E-state index contributed by atoms with van der Waals surface area (Å²) in [7, 11) is 1.16. The molecule has 0 saturated carbocycles. The van der Waals surface area contributed by atoms with E-state index >= 15 is 0 Å². The molecular weight excluding hydrogens is 280 g/mol. The van der Waals surface area contributed by atoms with Crippen LogP contribution >= 0.6 is 0 Å². The molecule has 0 aromatic heterocycles. The molecule has 0 spiro atoms. The lowest BCUT2D eigenvalue weighted by molar-refractivity contribution is -0.150. The van der Waals surface area contributed by atoms with Gasteiger partial charge in [0.1, 0.15) is 12.0 Å². The Hall–Kier alpha value is -2.96. The van der Waals surface area contributed by atoms with Gasteiger partial charge < -0.3 is 14.2 Å². The van der Waals surface area contributed by atoms with Gasteiger partial charge in [-0.3, -0.25) is 4.79 Å². The van der Waals surface area contributed by atoms with Gasteiger partial charge in [0.15, 0.2) is 6.61 Å². The largest absolute Gasteiger partial charge is 0.466 e. The van der Waals surface area contributed by atoms with E-state index in [-0.39, 0.29) is 5.75 Å². The van der Waals surface area contributed by atoms with Crippen molar-refractivity contribution < 1.29 is 33.4 Å². The first kappa shape index (κ1) is 16.1. The topological polar surface area (TPSA) is 96.0 Å². The van der Waals surface area contributed by atoms with Crippen LogP contribution in [0.2, 0.25) is 0 Å². The normalized spacial score (nSPS) is 9.95. The van der Waals surface area contributed by atoms with E-state index in [1.165, 1.54) is 24.3 Å². The maximum atomic E-state index is 11.4. The number of aldehydes is 1. The summed E-state index contributed by atoms with van der Waals surface area (Å²) in [5.41, 5.74) is 0.439. The standard InChI is InChI=1S/C14H12O7/c1-19-12(16)6-7-13(17)20-9-14(18)21-11-4-2-10(8-15)3-5-11/h2-8H,9H2,1H3/b7-6+. The minimum atomic E-state index is -0.881. The summed E-state index contributed by atoms with van der Waals surface area (Å²) < 4.78 is 13.7. The van der Waals surface area contributed by atoms with Crippen molar-refractivity contribution in [3.8, 4) is 5.75 Å². The van der Waals surface area contributed by atoms with Crippen LogP contribution in [0.5, 0.6) is 5.75 Å². The summed E-state index contributed by atoms with van der Waals surface area (Å²) in [5, 5.41) is 0. The van der Waals surface area contributed by atoms with Gasteiger partial charge in [-0.2, -0.15) is 0 Å². The highest BCUT2D eigenvalue weighted by Crippen LogP contribution is 2.11. The van der Waals surface area contributed by atoms with Crippen LogP contribution in [-0.2, 0) is 23.9 Å². The number of ether oxygens (including phenoxy) is 3. The minimum Gasteiger partial charge on any atom is -0.466 e. The van der Waals surface area contributed by atoms with Gasteiger partial charge in [0, 0.05) is 17.7 Å². The number of methoxy groups -OCH3 is 1. The molecular formula is C14H12O7. The first-order valence-electron chi connectivity index (χ1n) is 5.74. The van der Waals surface area contributed by atoms with Gasteiger partial charge in [0.05, 0.1) is 7.11 Å². The van der Waals surface area contributed by atoms with Gasteiger partial charge in [-0.05, 0) is 24.3 Å². The number of carbonyl (C=O) groups is 4. The van der Waals surface area contributed by atoms with Crippen LogP contribution in [0.1, 0.15) is 10.4 Å². The van der Waals surface area contributed by atoms with Crippen LogP contribution in [-0.4, -0.2) is 37.9 Å². The molecule has 0 heterocycles. The van der Waals surface area contributed by atoms with Gasteiger partial charge >= 0.3 is 17.9 Å². The third-order valence-electron chi connectivity index (χ3n) is 2.14. The van der Waals surface area contributed by atoms with Crippen molar-refractivity contribution in [3.63, 3.8) is 0 Å². The second-order valence-corrected chi connectivity index (χ2v) is 3.63. The molecule has 0 unspecified atom stereocenters. The fraction of sp³-hybridized carbons (Fsp3) is 0.143. The zero-order valence-corrected chi connectivity index (χ0v) is 11.1. The van der Waals surface area contributed by atoms with Crippen molar-refractivity contribution in [2.24, 2.45) is 0 Å². The van der Waals surface area contributed by atoms with E-state index in [2.05, 4.69) is 9.47 Å². The number of hydrogen-bond acceptors (Lipinski definition) is 7. The Morgan fingerprint density at radius 2 is 1.67 bits per heavy atom. The molecule has 0 N–H and O–H groups in total. The molecule has 0 aliphatic rings. The molecule has 0 saturated heterocycles. The molecule has 1 rings (SSSR count). The third kappa shape index (κ3) is 6.15. The van der Waals surface area contributed by atoms with E-state index in [0.29, 0.717) is 11.8 Å². The van der Waals surface area contributed by atoms with Crippen LogP contribution in [0.4, 0.5) is 0 Å². The van der Waals surface area contributed by atoms with Gasteiger partial charge in [0.25, 0.3) is 0 Å². The summed E-state index contributed by atoms with van der Waals surface area (Å²) in [6.45, 7) is -0.611.